The lowest BCUT2D eigenvalue weighted by Crippen LogP contribution is -2.24. The summed E-state index contributed by atoms with van der Waals surface area (Å²) in [6.45, 7) is 0.771. The van der Waals surface area contributed by atoms with E-state index in [1.54, 1.807) is 26.2 Å². The first-order valence-corrected chi connectivity index (χ1v) is 8.36. The van der Waals surface area contributed by atoms with Crippen LogP contribution in [0.4, 0.5) is 5.69 Å². The van der Waals surface area contributed by atoms with Crippen molar-refractivity contribution in [3.63, 3.8) is 0 Å². The molecule has 1 aromatic rings. The van der Waals surface area contributed by atoms with E-state index in [1.165, 1.54) is 4.31 Å². The topological polar surface area (TPSA) is 75.4 Å². The van der Waals surface area contributed by atoms with Gasteiger partial charge in [0.05, 0.1) is 5.69 Å². The third kappa shape index (κ3) is 3.31. The van der Waals surface area contributed by atoms with Gasteiger partial charge >= 0.3 is 0 Å². The number of rotatable bonds is 5. The van der Waals surface area contributed by atoms with E-state index in [4.69, 9.17) is 5.73 Å². The van der Waals surface area contributed by atoms with Crippen molar-refractivity contribution in [2.24, 2.45) is 11.7 Å². The summed E-state index contributed by atoms with van der Waals surface area (Å²) in [7, 11) is -0.330. The number of hydrogen-bond acceptors (Lipinski definition) is 4. The number of para-hydroxylation sites is 1. The van der Waals surface area contributed by atoms with Crippen molar-refractivity contribution in [3.8, 4) is 0 Å². The van der Waals surface area contributed by atoms with Gasteiger partial charge in [0.15, 0.2) is 0 Å². The summed E-state index contributed by atoms with van der Waals surface area (Å²) in [4.78, 5) is 0.326. The van der Waals surface area contributed by atoms with E-state index in [0.29, 0.717) is 22.5 Å². The maximum Gasteiger partial charge on any atom is 0.244 e. The fourth-order valence-corrected chi connectivity index (χ4v) is 3.65. The molecule has 6 heteroatoms. The molecule has 0 heterocycles. The third-order valence-electron chi connectivity index (χ3n) is 3.81. The van der Waals surface area contributed by atoms with Gasteiger partial charge in [0.2, 0.25) is 10.0 Å². The molecule has 112 valence electrons. The predicted octanol–water partition coefficient (Wildman–Crippen LogP) is 1.48. The molecule has 3 N–H and O–H groups in total. The molecule has 2 atom stereocenters. The van der Waals surface area contributed by atoms with Crippen LogP contribution in [0.2, 0.25) is 0 Å². The molecule has 0 spiro atoms. The highest BCUT2D eigenvalue weighted by molar-refractivity contribution is 7.89. The molecule has 0 aliphatic heterocycles. The standard InChI is InChI=1S/C14H23N3O2S/c1-17(2)20(18,19)14-6-4-3-5-13(14)16-10-11-7-8-12(15)9-11/h3-6,11-12,16H,7-10,15H2,1-2H3. The normalized spacial score (nSPS) is 23.2. The van der Waals surface area contributed by atoms with Gasteiger partial charge in [0.1, 0.15) is 4.90 Å². The van der Waals surface area contributed by atoms with Gasteiger partial charge in [-0.25, -0.2) is 12.7 Å². The molecule has 20 heavy (non-hydrogen) atoms. The Labute approximate surface area is 121 Å². The van der Waals surface area contributed by atoms with E-state index < -0.39 is 10.0 Å². The molecule has 0 aromatic heterocycles. The predicted molar refractivity (Wildman–Crippen MR) is 81.1 cm³/mol. The van der Waals surface area contributed by atoms with Crippen molar-refractivity contribution < 1.29 is 8.42 Å². The van der Waals surface area contributed by atoms with Crippen LogP contribution in [0.1, 0.15) is 19.3 Å². The molecule has 0 bridgehead atoms. The van der Waals surface area contributed by atoms with E-state index in [2.05, 4.69) is 5.32 Å². The summed E-state index contributed by atoms with van der Waals surface area (Å²) in [5, 5.41) is 3.28. The van der Waals surface area contributed by atoms with Crippen molar-refractivity contribution in [2.75, 3.05) is 26.0 Å². The molecule has 0 amide bonds. The number of nitrogens with zero attached hydrogens (tertiary/aromatic N) is 1. The lowest BCUT2D eigenvalue weighted by molar-refractivity contribution is 0.520. The number of nitrogens with two attached hydrogens (primary N) is 1. The van der Waals surface area contributed by atoms with E-state index >= 15 is 0 Å². The van der Waals surface area contributed by atoms with Crippen LogP contribution in [0.15, 0.2) is 29.2 Å². The van der Waals surface area contributed by atoms with Crippen LogP contribution in [-0.4, -0.2) is 39.4 Å². The molecule has 0 radical (unpaired) electrons. The van der Waals surface area contributed by atoms with Gasteiger partial charge in [-0.3, -0.25) is 0 Å². The highest BCUT2D eigenvalue weighted by atomic mass is 32.2. The van der Waals surface area contributed by atoms with Gasteiger partial charge in [-0.15, -0.1) is 0 Å². The maximum absolute atomic E-state index is 12.3. The molecule has 2 unspecified atom stereocenters. The summed E-state index contributed by atoms with van der Waals surface area (Å²) in [6, 6.07) is 7.33. The first kappa shape index (κ1) is 15.3. The van der Waals surface area contributed by atoms with Crippen molar-refractivity contribution >= 4 is 15.7 Å². The summed E-state index contributed by atoms with van der Waals surface area (Å²) in [5.74, 6) is 0.528. The van der Waals surface area contributed by atoms with Crippen molar-refractivity contribution in [1.82, 2.24) is 4.31 Å². The molecule has 0 saturated heterocycles. The number of benzene rings is 1. The second kappa shape index (κ2) is 6.11. The summed E-state index contributed by atoms with van der Waals surface area (Å²) >= 11 is 0. The highest BCUT2D eigenvalue weighted by Crippen LogP contribution is 2.27. The monoisotopic (exact) mass is 297 g/mol. The quantitative estimate of drug-likeness (QED) is 0.863. The lowest BCUT2D eigenvalue weighted by atomic mass is 10.1. The average molecular weight is 297 g/mol. The second-order valence-corrected chi connectivity index (χ2v) is 7.72. The molecule has 1 aliphatic rings. The first-order chi connectivity index (χ1) is 9.41. The Bertz CT molecular complexity index is 557. The Kier molecular flexibility index (Phi) is 4.67. The van der Waals surface area contributed by atoms with Crippen molar-refractivity contribution in [2.45, 2.75) is 30.2 Å². The van der Waals surface area contributed by atoms with Gasteiger partial charge in [-0.2, -0.15) is 0 Å². The minimum absolute atomic E-state index is 0.294. The van der Waals surface area contributed by atoms with Gasteiger partial charge in [0.25, 0.3) is 0 Å². The largest absolute Gasteiger partial charge is 0.384 e. The zero-order valence-corrected chi connectivity index (χ0v) is 12.9. The molecule has 1 fully saturated rings. The lowest BCUT2D eigenvalue weighted by Gasteiger charge is -2.18. The van der Waals surface area contributed by atoms with E-state index in [9.17, 15) is 8.42 Å². The summed E-state index contributed by atoms with van der Waals surface area (Å²) in [6.07, 6.45) is 3.18. The van der Waals surface area contributed by atoms with Crippen LogP contribution in [0.5, 0.6) is 0 Å². The molecule has 2 rings (SSSR count). The van der Waals surface area contributed by atoms with Gasteiger partial charge in [-0.1, -0.05) is 12.1 Å². The number of hydrogen-bond donors (Lipinski definition) is 2. The van der Waals surface area contributed by atoms with Gasteiger partial charge < -0.3 is 11.1 Å². The van der Waals surface area contributed by atoms with Crippen LogP contribution in [0, 0.1) is 5.92 Å². The molecular weight excluding hydrogens is 274 g/mol. The third-order valence-corrected chi connectivity index (χ3v) is 5.68. The first-order valence-electron chi connectivity index (χ1n) is 6.92. The zero-order chi connectivity index (χ0) is 14.8. The summed E-state index contributed by atoms with van der Waals surface area (Å²) in [5.41, 5.74) is 6.57. The fraction of sp³-hybridized carbons (Fsp3) is 0.571. The average Bonchev–Trinajstić information content (AvgIpc) is 2.82. The Balaban J connectivity index is 2.13. The van der Waals surface area contributed by atoms with Gasteiger partial charge in [0, 0.05) is 26.7 Å². The molecular formula is C14H23N3O2S. The Morgan fingerprint density at radius 1 is 1.30 bits per heavy atom. The van der Waals surface area contributed by atoms with Crippen molar-refractivity contribution in [3.05, 3.63) is 24.3 Å². The smallest absolute Gasteiger partial charge is 0.244 e. The fourth-order valence-electron chi connectivity index (χ4n) is 2.59. The minimum Gasteiger partial charge on any atom is -0.384 e. The minimum atomic E-state index is -3.42. The molecule has 5 nitrogen and oxygen atoms in total. The molecule has 1 saturated carbocycles. The van der Waals surface area contributed by atoms with Gasteiger partial charge in [-0.05, 0) is 37.3 Å². The Hall–Kier alpha value is -1.11. The molecule has 1 aliphatic carbocycles. The SMILES string of the molecule is CN(C)S(=O)(=O)c1ccccc1NCC1CCC(N)C1. The number of nitrogens with one attached hydrogen (secondary N) is 1. The van der Waals surface area contributed by atoms with E-state index in [1.807, 2.05) is 12.1 Å². The van der Waals surface area contributed by atoms with Crippen LogP contribution < -0.4 is 11.1 Å². The van der Waals surface area contributed by atoms with Crippen LogP contribution >= 0.6 is 0 Å². The number of sulfonamides is 1. The van der Waals surface area contributed by atoms with Crippen LogP contribution in [0.25, 0.3) is 0 Å². The maximum atomic E-state index is 12.3. The molecule has 1 aromatic carbocycles. The number of anilines is 1. The Morgan fingerprint density at radius 3 is 2.60 bits per heavy atom. The van der Waals surface area contributed by atoms with E-state index in [-0.39, 0.29) is 0 Å². The van der Waals surface area contributed by atoms with Crippen molar-refractivity contribution in [1.29, 1.82) is 0 Å². The van der Waals surface area contributed by atoms with Crippen LogP contribution in [-0.2, 0) is 10.0 Å². The van der Waals surface area contributed by atoms with Crippen LogP contribution in [0.3, 0.4) is 0 Å². The second-order valence-electron chi connectivity index (χ2n) is 5.60. The highest BCUT2D eigenvalue weighted by Gasteiger charge is 2.24. The Morgan fingerprint density at radius 2 is 2.00 bits per heavy atom. The zero-order valence-electron chi connectivity index (χ0n) is 12.0. The van der Waals surface area contributed by atoms with E-state index in [0.717, 1.165) is 25.8 Å². The summed E-state index contributed by atoms with van der Waals surface area (Å²) < 4.78 is 25.8.